The standard InChI is InChI=1S/C61H38F9N3/c1-34-24-40(29-43(26-34)60(65,66)67)37-18-22-53-49(31-37)46-11-4-6-14-51(46)72(53)55-16-8-10-39(33-71)57(55)58-48(45-21-20-42(28-36(45)3)59(62,63)64)13-9-17-56(58)73-52-15-7-5-12-47(52)50-32-38(19-23-54(50)73)41-25-35(2)27-44(30-41)61(68,69)70/h4-32H,1-3H3. The van der Waals surface area contributed by atoms with E-state index in [4.69, 9.17) is 0 Å². The van der Waals surface area contributed by atoms with Gasteiger partial charge in [0.05, 0.1) is 61.8 Å². The normalized spacial score (nSPS) is 12.4. The van der Waals surface area contributed by atoms with Crippen LogP contribution in [0.15, 0.2) is 176 Å². The van der Waals surface area contributed by atoms with Crippen molar-refractivity contribution in [3.8, 4) is 62.0 Å². The molecule has 2 heterocycles. The summed E-state index contributed by atoms with van der Waals surface area (Å²) in [5.41, 5.74) is 6.70. The Labute approximate surface area is 412 Å². The van der Waals surface area contributed by atoms with Gasteiger partial charge in [0.2, 0.25) is 0 Å². The Hall–Kier alpha value is -8.56. The van der Waals surface area contributed by atoms with E-state index < -0.39 is 35.2 Å². The molecule has 9 aromatic carbocycles. The van der Waals surface area contributed by atoms with E-state index in [1.54, 1.807) is 63.2 Å². The van der Waals surface area contributed by atoms with Gasteiger partial charge in [0, 0.05) is 32.7 Å². The molecule has 11 rings (SSSR count). The SMILES string of the molecule is Cc1cc(-c2ccc3c(c2)c2ccccc2n3-c2cccc(C#N)c2-c2c(-c3ccc(C(F)(F)F)cc3C)cccc2-n2c3ccccc3c3cc(-c4cc(C)cc(C(F)(F)F)c4)ccc32)cc(C(F)(F)F)c1. The summed E-state index contributed by atoms with van der Waals surface area (Å²) in [4.78, 5) is 0. The number of alkyl halides is 9. The Morgan fingerprint density at radius 1 is 0.370 bits per heavy atom. The molecule has 0 aliphatic rings. The fraction of sp³-hybridized carbons (Fsp3) is 0.0984. The molecule has 0 atom stereocenters. The first-order valence-electron chi connectivity index (χ1n) is 23.1. The lowest BCUT2D eigenvalue weighted by Crippen LogP contribution is -2.07. The number of para-hydroxylation sites is 2. The number of benzene rings is 9. The predicted octanol–water partition coefficient (Wildman–Crippen LogP) is 18.4. The summed E-state index contributed by atoms with van der Waals surface area (Å²) < 4.78 is 131. The van der Waals surface area contributed by atoms with Crippen LogP contribution in [0.4, 0.5) is 39.5 Å². The highest BCUT2D eigenvalue weighted by molar-refractivity contribution is 6.13. The van der Waals surface area contributed by atoms with Crippen molar-refractivity contribution >= 4 is 43.6 Å². The Kier molecular flexibility index (Phi) is 10.9. The van der Waals surface area contributed by atoms with Crippen LogP contribution in [-0.4, -0.2) is 9.13 Å². The second-order valence-electron chi connectivity index (χ2n) is 18.4. The number of rotatable bonds is 6. The van der Waals surface area contributed by atoms with Crippen molar-refractivity contribution in [3.05, 3.63) is 215 Å². The van der Waals surface area contributed by atoms with Crippen LogP contribution in [-0.2, 0) is 18.5 Å². The third-order valence-electron chi connectivity index (χ3n) is 13.6. The maximum Gasteiger partial charge on any atom is 0.416 e. The molecule has 0 aliphatic carbocycles. The monoisotopic (exact) mass is 983 g/mol. The molecule has 0 N–H and O–H groups in total. The molecule has 0 unspecified atom stereocenters. The number of hydrogen-bond donors (Lipinski definition) is 0. The first-order valence-corrected chi connectivity index (χ1v) is 23.1. The van der Waals surface area contributed by atoms with Gasteiger partial charge in [0.1, 0.15) is 0 Å². The molecule has 0 saturated carbocycles. The summed E-state index contributed by atoms with van der Waals surface area (Å²) in [5, 5.41) is 14.2. The van der Waals surface area contributed by atoms with Gasteiger partial charge in [-0.3, -0.25) is 0 Å². The van der Waals surface area contributed by atoms with Gasteiger partial charge in [-0.05, 0) is 162 Å². The average Bonchev–Trinajstić information content (AvgIpc) is 3.87. The second kappa shape index (κ2) is 17.1. The summed E-state index contributed by atoms with van der Waals surface area (Å²) in [7, 11) is 0. The van der Waals surface area contributed by atoms with E-state index >= 15 is 0 Å². The molecule has 0 amide bonds. The lowest BCUT2D eigenvalue weighted by molar-refractivity contribution is -0.138. The fourth-order valence-corrected chi connectivity index (χ4v) is 10.5. The molecule has 73 heavy (non-hydrogen) atoms. The summed E-state index contributed by atoms with van der Waals surface area (Å²) in [5.74, 6) is 0. The largest absolute Gasteiger partial charge is 0.416 e. The maximum absolute atomic E-state index is 14.3. The molecule has 0 bridgehead atoms. The van der Waals surface area contributed by atoms with E-state index in [-0.39, 0.29) is 5.56 Å². The van der Waals surface area contributed by atoms with Gasteiger partial charge in [0.15, 0.2) is 0 Å². The quantitative estimate of drug-likeness (QED) is 0.153. The molecular formula is C61H38F9N3. The summed E-state index contributed by atoms with van der Waals surface area (Å²) >= 11 is 0. The molecule has 2 aromatic heterocycles. The van der Waals surface area contributed by atoms with Crippen LogP contribution in [0.5, 0.6) is 0 Å². The van der Waals surface area contributed by atoms with Gasteiger partial charge in [-0.25, -0.2) is 0 Å². The average molecular weight is 984 g/mol. The van der Waals surface area contributed by atoms with Crippen LogP contribution >= 0.6 is 0 Å². The number of nitriles is 1. The van der Waals surface area contributed by atoms with Gasteiger partial charge >= 0.3 is 18.5 Å². The van der Waals surface area contributed by atoms with Crippen LogP contribution in [0.2, 0.25) is 0 Å². The van der Waals surface area contributed by atoms with Crippen molar-refractivity contribution in [3.63, 3.8) is 0 Å². The smallest absolute Gasteiger partial charge is 0.309 e. The number of aryl methyl sites for hydroxylation is 3. The van der Waals surface area contributed by atoms with Crippen molar-refractivity contribution in [2.75, 3.05) is 0 Å². The van der Waals surface area contributed by atoms with Crippen LogP contribution in [0, 0.1) is 32.1 Å². The fourth-order valence-electron chi connectivity index (χ4n) is 10.5. The molecule has 0 spiro atoms. The van der Waals surface area contributed by atoms with Crippen LogP contribution < -0.4 is 0 Å². The van der Waals surface area contributed by atoms with E-state index in [0.717, 1.165) is 52.6 Å². The second-order valence-corrected chi connectivity index (χ2v) is 18.4. The number of aromatic nitrogens is 2. The van der Waals surface area contributed by atoms with E-state index in [1.807, 2.05) is 100 Å². The number of hydrogen-bond acceptors (Lipinski definition) is 1. The van der Waals surface area contributed by atoms with Gasteiger partial charge in [-0.2, -0.15) is 44.8 Å². The Bertz CT molecular complexity index is 4100. The summed E-state index contributed by atoms with van der Waals surface area (Å²) in [6.07, 6.45) is -13.8. The molecule has 0 aliphatic heterocycles. The minimum Gasteiger partial charge on any atom is -0.309 e. The highest BCUT2D eigenvalue weighted by Gasteiger charge is 2.34. The zero-order valence-corrected chi connectivity index (χ0v) is 39.0. The molecule has 360 valence electrons. The molecular weight excluding hydrogens is 946 g/mol. The lowest BCUT2D eigenvalue weighted by atomic mass is 9.87. The molecule has 12 heteroatoms. The lowest BCUT2D eigenvalue weighted by Gasteiger charge is -2.23. The number of halogens is 9. The van der Waals surface area contributed by atoms with Crippen molar-refractivity contribution in [2.24, 2.45) is 0 Å². The third kappa shape index (κ3) is 8.05. The Morgan fingerprint density at radius 2 is 0.836 bits per heavy atom. The topological polar surface area (TPSA) is 33.6 Å². The Morgan fingerprint density at radius 3 is 1.32 bits per heavy atom. The van der Waals surface area contributed by atoms with Gasteiger partial charge in [-0.1, -0.05) is 84.9 Å². The first kappa shape index (κ1) is 46.8. The van der Waals surface area contributed by atoms with Crippen molar-refractivity contribution in [1.82, 2.24) is 9.13 Å². The maximum atomic E-state index is 14.3. The van der Waals surface area contributed by atoms with Gasteiger partial charge < -0.3 is 9.13 Å². The molecule has 0 saturated heterocycles. The number of nitrogens with zero attached hydrogens (tertiary/aromatic N) is 3. The Balaban J connectivity index is 1.22. The minimum absolute atomic E-state index is 0.237. The summed E-state index contributed by atoms with van der Waals surface area (Å²) in [6.45, 7) is 4.83. The molecule has 0 radical (unpaired) electrons. The predicted molar refractivity (Wildman–Crippen MR) is 271 cm³/mol. The van der Waals surface area contributed by atoms with Crippen molar-refractivity contribution < 1.29 is 39.5 Å². The van der Waals surface area contributed by atoms with Crippen LogP contribution in [0.25, 0.3) is 99.5 Å². The minimum atomic E-state index is -4.63. The van der Waals surface area contributed by atoms with Crippen LogP contribution in [0.3, 0.4) is 0 Å². The van der Waals surface area contributed by atoms with Gasteiger partial charge in [-0.15, -0.1) is 0 Å². The van der Waals surface area contributed by atoms with E-state index in [0.29, 0.717) is 100 Å². The van der Waals surface area contributed by atoms with Crippen molar-refractivity contribution in [2.45, 2.75) is 39.3 Å². The van der Waals surface area contributed by atoms with Crippen molar-refractivity contribution in [1.29, 1.82) is 5.26 Å². The third-order valence-corrected chi connectivity index (χ3v) is 13.6. The highest BCUT2D eigenvalue weighted by Crippen LogP contribution is 2.48. The van der Waals surface area contributed by atoms with Gasteiger partial charge in [0.25, 0.3) is 0 Å². The molecule has 11 aromatic rings. The van der Waals surface area contributed by atoms with E-state index in [2.05, 4.69) is 6.07 Å². The number of fused-ring (bicyclic) bond motifs is 6. The van der Waals surface area contributed by atoms with E-state index in [1.165, 1.54) is 6.07 Å². The molecule has 3 nitrogen and oxygen atoms in total. The summed E-state index contributed by atoms with van der Waals surface area (Å²) in [6, 6.07) is 50.6. The zero-order chi connectivity index (χ0) is 51.3. The molecule has 0 fully saturated rings. The highest BCUT2D eigenvalue weighted by atomic mass is 19.4. The zero-order valence-electron chi connectivity index (χ0n) is 39.0. The van der Waals surface area contributed by atoms with E-state index in [9.17, 15) is 44.8 Å². The first-order chi connectivity index (χ1) is 34.8. The van der Waals surface area contributed by atoms with Crippen LogP contribution in [0.1, 0.15) is 38.9 Å².